The average molecular weight is 386 g/mol. The van der Waals surface area contributed by atoms with Gasteiger partial charge in [0.05, 0.1) is 18.0 Å². The highest BCUT2D eigenvalue weighted by atomic mass is 32.1. The Bertz CT molecular complexity index is 806. The largest absolute Gasteiger partial charge is 0.481 e. The van der Waals surface area contributed by atoms with Crippen LogP contribution in [0.1, 0.15) is 10.4 Å². The van der Waals surface area contributed by atoms with Gasteiger partial charge in [0.15, 0.2) is 0 Å². The number of nitro groups is 1. The highest BCUT2D eigenvalue weighted by molar-refractivity contribution is 7.52. The molecule has 0 amide bonds. The fourth-order valence-electron chi connectivity index (χ4n) is 1.81. The first-order valence-electron chi connectivity index (χ1n) is 6.98. The summed E-state index contributed by atoms with van der Waals surface area (Å²) in [5, 5.41) is 21.8. The molecular formula is C14H15N2O7PS. The van der Waals surface area contributed by atoms with Crippen molar-refractivity contribution in [2.45, 2.75) is 13.0 Å². The molecule has 2 aromatic rings. The van der Waals surface area contributed by atoms with Gasteiger partial charge in [-0.15, -0.1) is 0 Å². The van der Waals surface area contributed by atoms with E-state index in [4.69, 9.17) is 14.2 Å². The van der Waals surface area contributed by atoms with Crippen LogP contribution in [0.4, 0.5) is 5.00 Å². The molecule has 1 aromatic carbocycles. The number of carboxylic acid groups (broad SMARTS) is 1. The van der Waals surface area contributed by atoms with Crippen molar-refractivity contribution >= 4 is 30.1 Å². The molecule has 0 aliphatic rings. The van der Waals surface area contributed by atoms with E-state index in [0.717, 1.165) is 11.3 Å². The van der Waals surface area contributed by atoms with E-state index in [-0.39, 0.29) is 23.8 Å². The van der Waals surface area contributed by atoms with Gasteiger partial charge in [0, 0.05) is 10.9 Å². The van der Waals surface area contributed by atoms with Gasteiger partial charge in [-0.1, -0.05) is 23.5 Å². The molecule has 11 heteroatoms. The second-order valence-electron chi connectivity index (χ2n) is 4.80. The Hall–Kier alpha value is -2.26. The van der Waals surface area contributed by atoms with Crippen molar-refractivity contribution in [3.05, 3.63) is 57.0 Å². The van der Waals surface area contributed by atoms with E-state index in [9.17, 15) is 19.5 Å². The van der Waals surface area contributed by atoms with Gasteiger partial charge in [0.25, 0.3) is 0 Å². The summed E-state index contributed by atoms with van der Waals surface area (Å²) in [4.78, 5) is 21.3. The molecule has 0 saturated heterocycles. The molecule has 1 aromatic heterocycles. The van der Waals surface area contributed by atoms with Crippen molar-refractivity contribution in [3.8, 4) is 5.75 Å². The molecule has 9 nitrogen and oxygen atoms in total. The molecule has 0 radical (unpaired) electrons. The van der Waals surface area contributed by atoms with Crippen LogP contribution in [0.25, 0.3) is 0 Å². The molecule has 1 unspecified atom stereocenters. The number of benzene rings is 1. The minimum absolute atomic E-state index is 0.0344. The number of rotatable bonds is 9. The minimum atomic E-state index is -3.67. The second-order valence-corrected chi connectivity index (χ2v) is 7.83. The molecular weight excluding hydrogens is 371 g/mol. The molecule has 0 saturated carbocycles. The van der Waals surface area contributed by atoms with Gasteiger partial charge in [-0.3, -0.25) is 19.4 Å². The summed E-state index contributed by atoms with van der Waals surface area (Å²) < 4.78 is 23.2. The molecule has 2 rings (SSSR count). The number of carbonyl (C=O) groups is 1. The van der Waals surface area contributed by atoms with E-state index < -0.39 is 18.6 Å². The zero-order valence-corrected chi connectivity index (χ0v) is 14.8. The maximum Gasteiger partial charge on any atom is 0.458 e. The molecule has 0 spiro atoms. The van der Waals surface area contributed by atoms with E-state index in [1.165, 1.54) is 31.3 Å². The van der Waals surface area contributed by atoms with Crippen LogP contribution in [0.3, 0.4) is 0 Å². The van der Waals surface area contributed by atoms with Crippen LogP contribution >= 0.6 is 19.1 Å². The monoisotopic (exact) mass is 386 g/mol. The van der Waals surface area contributed by atoms with E-state index in [1.807, 2.05) is 0 Å². The summed E-state index contributed by atoms with van der Waals surface area (Å²) in [6.45, 7) is -0.117. The zero-order valence-electron chi connectivity index (χ0n) is 13.1. The van der Waals surface area contributed by atoms with E-state index in [2.05, 4.69) is 5.09 Å². The first-order valence-corrected chi connectivity index (χ1v) is 9.34. The Morgan fingerprint density at radius 3 is 2.52 bits per heavy atom. The number of aliphatic carboxylic acids is 1. The van der Waals surface area contributed by atoms with E-state index >= 15 is 0 Å². The van der Waals surface area contributed by atoms with Gasteiger partial charge < -0.3 is 9.63 Å². The number of nitrogens with one attached hydrogen (secondary N) is 1. The van der Waals surface area contributed by atoms with Crippen molar-refractivity contribution in [3.63, 3.8) is 0 Å². The third-order valence-electron chi connectivity index (χ3n) is 2.98. The van der Waals surface area contributed by atoms with Crippen LogP contribution in [0, 0.1) is 10.1 Å². The molecule has 0 fully saturated rings. The highest BCUT2D eigenvalue weighted by Gasteiger charge is 2.25. The predicted octanol–water partition coefficient (Wildman–Crippen LogP) is 3.21. The topological polar surface area (TPSA) is 128 Å². The van der Waals surface area contributed by atoms with Gasteiger partial charge in [-0.25, -0.2) is 9.65 Å². The van der Waals surface area contributed by atoms with Crippen LogP contribution in [0.5, 0.6) is 5.75 Å². The summed E-state index contributed by atoms with van der Waals surface area (Å²) in [5.41, 5.74) is 0.575. The summed E-state index contributed by atoms with van der Waals surface area (Å²) in [6.07, 6.45) is -0.127. The van der Waals surface area contributed by atoms with E-state index in [1.54, 1.807) is 12.1 Å². The normalized spacial score (nSPS) is 13.2. The van der Waals surface area contributed by atoms with Crippen molar-refractivity contribution in [2.75, 3.05) is 7.05 Å². The quantitative estimate of drug-likeness (QED) is 0.382. The fourth-order valence-corrected chi connectivity index (χ4v) is 3.61. The van der Waals surface area contributed by atoms with Crippen LogP contribution in [-0.4, -0.2) is 23.0 Å². The Kier molecular flexibility index (Phi) is 6.27. The molecule has 2 N–H and O–H groups in total. The van der Waals surface area contributed by atoms with Crippen LogP contribution in [-0.2, 0) is 26.9 Å². The molecule has 0 bridgehead atoms. The third-order valence-corrected chi connectivity index (χ3v) is 5.46. The Morgan fingerprint density at radius 2 is 2.00 bits per heavy atom. The van der Waals surface area contributed by atoms with E-state index in [0.29, 0.717) is 10.4 Å². The highest BCUT2D eigenvalue weighted by Crippen LogP contribution is 2.45. The van der Waals surface area contributed by atoms with Crippen molar-refractivity contribution in [2.24, 2.45) is 0 Å². The number of hydrogen-bond acceptors (Lipinski definition) is 7. The maximum atomic E-state index is 12.5. The standard InChI is InChI=1S/C14H15N2O7PS/c1-15-24(21,22-9-12-6-7-13(25-12)16(19)20)23-11-4-2-10(3-5-11)8-14(17)18/h2-7H,8-9H2,1H3,(H,15,21)(H,17,18). The maximum absolute atomic E-state index is 12.5. The summed E-state index contributed by atoms with van der Waals surface area (Å²) in [7, 11) is -2.27. The Morgan fingerprint density at radius 1 is 1.32 bits per heavy atom. The van der Waals surface area contributed by atoms with Gasteiger partial charge in [0.1, 0.15) is 5.75 Å². The van der Waals surface area contributed by atoms with Crippen LogP contribution in [0.2, 0.25) is 0 Å². The lowest BCUT2D eigenvalue weighted by Crippen LogP contribution is -2.11. The Labute approximate surface area is 146 Å². The zero-order chi connectivity index (χ0) is 18.4. The van der Waals surface area contributed by atoms with Crippen LogP contribution in [0.15, 0.2) is 36.4 Å². The third kappa shape index (κ3) is 5.64. The lowest BCUT2D eigenvalue weighted by Gasteiger charge is -2.17. The lowest BCUT2D eigenvalue weighted by molar-refractivity contribution is -0.380. The van der Waals surface area contributed by atoms with Crippen molar-refractivity contribution in [1.82, 2.24) is 5.09 Å². The van der Waals surface area contributed by atoms with Gasteiger partial charge in [-0.05, 0) is 30.8 Å². The first-order chi connectivity index (χ1) is 11.8. The molecule has 0 aliphatic heterocycles. The number of thiophene rings is 1. The van der Waals surface area contributed by atoms with Gasteiger partial charge in [0.2, 0.25) is 0 Å². The number of carboxylic acids is 1. The second kappa shape index (κ2) is 8.21. The molecule has 134 valence electrons. The predicted molar refractivity (Wildman–Crippen MR) is 90.8 cm³/mol. The minimum Gasteiger partial charge on any atom is -0.481 e. The van der Waals surface area contributed by atoms with Crippen molar-refractivity contribution in [1.29, 1.82) is 0 Å². The fraction of sp³-hybridized carbons (Fsp3) is 0.214. The molecule has 0 aliphatic carbocycles. The summed E-state index contributed by atoms with van der Waals surface area (Å²) >= 11 is 0.922. The van der Waals surface area contributed by atoms with Gasteiger partial charge in [-0.2, -0.15) is 0 Å². The molecule has 25 heavy (non-hydrogen) atoms. The first kappa shape index (κ1) is 19.1. The smallest absolute Gasteiger partial charge is 0.458 e. The number of hydrogen-bond donors (Lipinski definition) is 2. The van der Waals surface area contributed by atoms with Gasteiger partial charge >= 0.3 is 18.7 Å². The molecule has 1 atom stereocenters. The van der Waals surface area contributed by atoms with Crippen molar-refractivity contribution < 1.29 is 28.4 Å². The lowest BCUT2D eigenvalue weighted by atomic mass is 10.1. The Balaban J connectivity index is 2.00. The van der Waals surface area contributed by atoms with Crippen LogP contribution < -0.4 is 9.61 Å². The number of nitrogens with zero attached hydrogens (tertiary/aromatic N) is 1. The SMILES string of the molecule is CNP(=O)(OCc1ccc([N+](=O)[O-])s1)Oc1ccc(CC(=O)O)cc1. The summed E-state index contributed by atoms with van der Waals surface area (Å²) in [5.74, 6) is -0.716. The summed E-state index contributed by atoms with van der Waals surface area (Å²) in [6, 6.07) is 8.93. The average Bonchev–Trinajstić information content (AvgIpc) is 3.04. The molecule has 1 heterocycles.